The third-order valence-electron chi connectivity index (χ3n) is 2.18. The molecule has 1 aliphatic rings. The molecular formula is C9H15NO2. The maximum absolute atomic E-state index is 8.64. The molecule has 0 heterocycles. The summed E-state index contributed by atoms with van der Waals surface area (Å²) in [5, 5.41) is 8.64. The maximum atomic E-state index is 8.64. The fraction of sp³-hybridized carbons (Fsp3) is 0.667. The molecule has 68 valence electrons. The second-order valence-corrected chi connectivity index (χ2v) is 2.85. The van der Waals surface area contributed by atoms with Gasteiger partial charge in [0.05, 0.1) is 7.11 Å². The van der Waals surface area contributed by atoms with E-state index in [-0.39, 0.29) is 6.73 Å². The Bertz CT molecular complexity index is 219. The molecule has 0 amide bonds. The normalized spacial score (nSPS) is 21.8. The first-order valence-corrected chi connectivity index (χ1v) is 4.18. The highest BCUT2D eigenvalue weighted by Gasteiger charge is 2.14. The SMILES string of the molecule is COC1=C(C)C(=NCO)CCC1. The number of hydrogen-bond donors (Lipinski definition) is 1. The molecule has 0 bridgehead atoms. The van der Waals surface area contributed by atoms with E-state index >= 15 is 0 Å². The van der Waals surface area contributed by atoms with Crippen molar-refractivity contribution in [3.05, 3.63) is 11.3 Å². The van der Waals surface area contributed by atoms with Crippen molar-refractivity contribution in [2.45, 2.75) is 26.2 Å². The van der Waals surface area contributed by atoms with Crippen LogP contribution in [0.3, 0.4) is 0 Å². The average Bonchev–Trinajstić information content (AvgIpc) is 2.09. The van der Waals surface area contributed by atoms with Crippen molar-refractivity contribution in [1.82, 2.24) is 0 Å². The molecule has 3 nitrogen and oxygen atoms in total. The minimum Gasteiger partial charge on any atom is -0.501 e. The van der Waals surface area contributed by atoms with Crippen molar-refractivity contribution in [2.75, 3.05) is 13.8 Å². The lowest BCUT2D eigenvalue weighted by Gasteiger charge is -2.18. The predicted molar refractivity (Wildman–Crippen MR) is 48.1 cm³/mol. The molecular weight excluding hydrogens is 154 g/mol. The minimum atomic E-state index is -0.121. The zero-order valence-electron chi connectivity index (χ0n) is 7.63. The van der Waals surface area contributed by atoms with Gasteiger partial charge >= 0.3 is 0 Å². The van der Waals surface area contributed by atoms with Crippen LogP contribution in [0.15, 0.2) is 16.3 Å². The van der Waals surface area contributed by atoms with Crippen LogP contribution in [0.4, 0.5) is 0 Å². The maximum Gasteiger partial charge on any atom is 0.134 e. The Hall–Kier alpha value is -0.830. The molecule has 0 unspecified atom stereocenters. The van der Waals surface area contributed by atoms with Gasteiger partial charge in [-0.05, 0) is 19.8 Å². The second-order valence-electron chi connectivity index (χ2n) is 2.85. The number of allylic oxidation sites excluding steroid dienone is 2. The molecule has 0 saturated carbocycles. The molecule has 0 spiro atoms. The molecule has 0 saturated heterocycles. The van der Waals surface area contributed by atoms with Gasteiger partial charge < -0.3 is 9.84 Å². The second kappa shape index (κ2) is 4.26. The van der Waals surface area contributed by atoms with Crippen LogP contribution in [0.2, 0.25) is 0 Å². The molecule has 1 rings (SSSR count). The number of aliphatic hydroxyl groups excluding tert-OH is 1. The van der Waals surface area contributed by atoms with E-state index < -0.39 is 0 Å². The number of aliphatic imine (C=N–C) groups is 1. The van der Waals surface area contributed by atoms with E-state index in [0.717, 1.165) is 36.3 Å². The Balaban J connectivity index is 2.84. The topological polar surface area (TPSA) is 41.8 Å². The molecule has 3 heteroatoms. The predicted octanol–water partition coefficient (Wildman–Crippen LogP) is 1.48. The summed E-state index contributed by atoms with van der Waals surface area (Å²) in [5.74, 6) is 1.01. The Labute approximate surface area is 72.8 Å². The Morgan fingerprint density at radius 1 is 1.50 bits per heavy atom. The monoisotopic (exact) mass is 169 g/mol. The van der Waals surface area contributed by atoms with Crippen molar-refractivity contribution in [3.8, 4) is 0 Å². The standard InChI is InChI=1S/C9H15NO2/c1-7-8(10-6-11)4-3-5-9(7)12-2/h11H,3-6H2,1-2H3. The summed E-state index contributed by atoms with van der Waals surface area (Å²) in [4.78, 5) is 4.00. The van der Waals surface area contributed by atoms with Gasteiger partial charge in [0.25, 0.3) is 0 Å². The van der Waals surface area contributed by atoms with Gasteiger partial charge in [-0.1, -0.05) is 0 Å². The number of hydrogen-bond acceptors (Lipinski definition) is 3. The number of nitrogens with zero attached hydrogens (tertiary/aromatic N) is 1. The highest BCUT2D eigenvalue weighted by molar-refractivity contribution is 6.00. The fourth-order valence-corrected chi connectivity index (χ4v) is 1.49. The summed E-state index contributed by atoms with van der Waals surface area (Å²) in [6.07, 6.45) is 3.02. The molecule has 0 radical (unpaired) electrons. The molecule has 0 aliphatic heterocycles. The lowest BCUT2D eigenvalue weighted by molar-refractivity contribution is 0.269. The van der Waals surface area contributed by atoms with Crippen LogP contribution in [-0.2, 0) is 4.74 Å². The highest BCUT2D eigenvalue weighted by atomic mass is 16.5. The molecule has 1 N–H and O–H groups in total. The van der Waals surface area contributed by atoms with E-state index in [4.69, 9.17) is 9.84 Å². The van der Waals surface area contributed by atoms with Crippen LogP contribution in [0, 0.1) is 0 Å². The summed E-state index contributed by atoms with van der Waals surface area (Å²) in [5.41, 5.74) is 2.08. The lowest BCUT2D eigenvalue weighted by Crippen LogP contribution is -2.11. The molecule has 0 atom stereocenters. The lowest BCUT2D eigenvalue weighted by atomic mass is 9.97. The van der Waals surface area contributed by atoms with Gasteiger partial charge in [0.15, 0.2) is 0 Å². The van der Waals surface area contributed by atoms with Crippen LogP contribution in [0.1, 0.15) is 26.2 Å². The van der Waals surface area contributed by atoms with Crippen LogP contribution >= 0.6 is 0 Å². The quantitative estimate of drug-likeness (QED) is 0.680. The molecule has 1 aliphatic carbocycles. The van der Waals surface area contributed by atoms with E-state index in [9.17, 15) is 0 Å². The molecule has 0 aromatic rings. The zero-order valence-corrected chi connectivity index (χ0v) is 7.63. The number of methoxy groups -OCH3 is 1. The van der Waals surface area contributed by atoms with E-state index in [1.807, 2.05) is 6.92 Å². The van der Waals surface area contributed by atoms with Gasteiger partial charge in [-0.3, -0.25) is 4.99 Å². The van der Waals surface area contributed by atoms with Gasteiger partial charge in [0, 0.05) is 17.7 Å². The Morgan fingerprint density at radius 2 is 2.25 bits per heavy atom. The van der Waals surface area contributed by atoms with Crippen molar-refractivity contribution >= 4 is 5.71 Å². The fourth-order valence-electron chi connectivity index (χ4n) is 1.49. The first-order chi connectivity index (χ1) is 5.79. The Kier molecular flexibility index (Phi) is 3.29. The first-order valence-electron chi connectivity index (χ1n) is 4.18. The number of rotatable bonds is 2. The van der Waals surface area contributed by atoms with Gasteiger partial charge in [-0.2, -0.15) is 0 Å². The van der Waals surface area contributed by atoms with Crippen LogP contribution in [0.5, 0.6) is 0 Å². The third kappa shape index (κ3) is 1.85. The molecule has 12 heavy (non-hydrogen) atoms. The van der Waals surface area contributed by atoms with E-state index in [2.05, 4.69) is 4.99 Å². The van der Waals surface area contributed by atoms with Gasteiger partial charge in [-0.15, -0.1) is 0 Å². The number of ether oxygens (including phenoxy) is 1. The summed E-state index contributed by atoms with van der Waals surface area (Å²) < 4.78 is 5.20. The van der Waals surface area contributed by atoms with Crippen LogP contribution in [-0.4, -0.2) is 24.7 Å². The Morgan fingerprint density at radius 3 is 2.83 bits per heavy atom. The summed E-state index contributed by atoms with van der Waals surface area (Å²) in [6.45, 7) is 1.87. The van der Waals surface area contributed by atoms with Crippen molar-refractivity contribution in [3.63, 3.8) is 0 Å². The molecule has 0 aromatic heterocycles. The van der Waals surface area contributed by atoms with Crippen molar-refractivity contribution in [1.29, 1.82) is 0 Å². The number of aliphatic hydroxyl groups is 1. The summed E-state index contributed by atoms with van der Waals surface area (Å²) in [6, 6.07) is 0. The summed E-state index contributed by atoms with van der Waals surface area (Å²) >= 11 is 0. The smallest absolute Gasteiger partial charge is 0.134 e. The average molecular weight is 169 g/mol. The molecule has 0 fully saturated rings. The largest absolute Gasteiger partial charge is 0.501 e. The summed E-state index contributed by atoms with van der Waals surface area (Å²) in [7, 11) is 1.68. The van der Waals surface area contributed by atoms with Crippen LogP contribution in [0.25, 0.3) is 0 Å². The van der Waals surface area contributed by atoms with Gasteiger partial charge in [-0.25, -0.2) is 0 Å². The van der Waals surface area contributed by atoms with Crippen LogP contribution < -0.4 is 0 Å². The van der Waals surface area contributed by atoms with Gasteiger partial charge in [0.2, 0.25) is 0 Å². The van der Waals surface area contributed by atoms with Gasteiger partial charge in [0.1, 0.15) is 12.5 Å². The van der Waals surface area contributed by atoms with Crippen molar-refractivity contribution < 1.29 is 9.84 Å². The van der Waals surface area contributed by atoms with E-state index in [1.165, 1.54) is 0 Å². The first kappa shape index (κ1) is 9.26. The third-order valence-corrected chi connectivity index (χ3v) is 2.18. The van der Waals surface area contributed by atoms with E-state index in [1.54, 1.807) is 7.11 Å². The van der Waals surface area contributed by atoms with Crippen molar-refractivity contribution in [2.24, 2.45) is 4.99 Å². The van der Waals surface area contributed by atoms with E-state index in [0.29, 0.717) is 0 Å². The zero-order chi connectivity index (χ0) is 8.97. The molecule has 0 aromatic carbocycles. The highest BCUT2D eigenvalue weighted by Crippen LogP contribution is 2.22. The minimum absolute atomic E-state index is 0.121.